The Balaban J connectivity index is 1.50. The van der Waals surface area contributed by atoms with E-state index in [0.29, 0.717) is 12.2 Å². The maximum absolute atomic E-state index is 6.17. The van der Waals surface area contributed by atoms with E-state index in [4.69, 9.17) is 4.74 Å². The SMILES string of the molecule is CN(C)C[C@H]1C[C@@H]2CN(Cc3cccs3)C[C@@H]2O1. The van der Waals surface area contributed by atoms with Gasteiger partial charge in [0.1, 0.15) is 0 Å². The molecule has 0 N–H and O–H groups in total. The normalized spacial score (nSPS) is 32.3. The molecular formula is C14H22N2OS. The van der Waals surface area contributed by atoms with Gasteiger partial charge in [0.05, 0.1) is 12.2 Å². The van der Waals surface area contributed by atoms with Crippen molar-refractivity contribution in [1.82, 2.24) is 9.80 Å². The molecule has 3 atom stereocenters. The van der Waals surface area contributed by atoms with Gasteiger partial charge in [-0.25, -0.2) is 0 Å². The third kappa shape index (κ3) is 2.77. The third-order valence-corrected chi connectivity index (χ3v) is 4.78. The smallest absolute Gasteiger partial charge is 0.0747 e. The molecule has 0 saturated carbocycles. The molecule has 18 heavy (non-hydrogen) atoms. The third-order valence-electron chi connectivity index (χ3n) is 3.92. The van der Waals surface area contributed by atoms with E-state index in [1.54, 1.807) is 0 Å². The number of ether oxygens (including phenoxy) is 1. The summed E-state index contributed by atoms with van der Waals surface area (Å²) in [7, 11) is 4.25. The van der Waals surface area contributed by atoms with Gasteiger partial charge < -0.3 is 9.64 Å². The van der Waals surface area contributed by atoms with Crippen molar-refractivity contribution in [3.63, 3.8) is 0 Å². The molecule has 2 aliphatic heterocycles. The second-order valence-corrected chi connectivity index (χ2v) is 6.86. The first-order valence-corrected chi connectivity index (χ1v) is 7.63. The van der Waals surface area contributed by atoms with Crippen molar-refractivity contribution in [2.75, 3.05) is 33.7 Å². The van der Waals surface area contributed by atoms with Crippen LogP contribution in [-0.2, 0) is 11.3 Å². The number of nitrogens with zero attached hydrogens (tertiary/aromatic N) is 2. The van der Waals surface area contributed by atoms with Crippen molar-refractivity contribution in [3.8, 4) is 0 Å². The predicted octanol–water partition coefficient (Wildman–Crippen LogP) is 1.90. The Bertz CT molecular complexity index is 365. The van der Waals surface area contributed by atoms with E-state index in [2.05, 4.69) is 41.4 Å². The van der Waals surface area contributed by atoms with Gasteiger partial charge in [0, 0.05) is 37.0 Å². The first kappa shape index (κ1) is 12.6. The van der Waals surface area contributed by atoms with Gasteiger partial charge in [-0.1, -0.05) is 6.07 Å². The topological polar surface area (TPSA) is 15.7 Å². The summed E-state index contributed by atoms with van der Waals surface area (Å²) in [5, 5.41) is 2.16. The van der Waals surface area contributed by atoms with Gasteiger partial charge in [0.2, 0.25) is 0 Å². The molecule has 0 spiro atoms. The average Bonchev–Trinajstić information content (AvgIpc) is 2.93. The van der Waals surface area contributed by atoms with Crippen molar-refractivity contribution in [3.05, 3.63) is 22.4 Å². The van der Waals surface area contributed by atoms with E-state index in [1.165, 1.54) is 17.8 Å². The second-order valence-electron chi connectivity index (χ2n) is 5.83. The fraction of sp³-hybridized carbons (Fsp3) is 0.714. The number of likely N-dealkylation sites (N-methyl/N-ethyl adjacent to an activating group) is 1. The van der Waals surface area contributed by atoms with Crippen molar-refractivity contribution >= 4 is 11.3 Å². The summed E-state index contributed by atoms with van der Waals surface area (Å²) in [6.07, 6.45) is 2.18. The Hall–Kier alpha value is -0.420. The van der Waals surface area contributed by atoms with E-state index in [0.717, 1.165) is 25.6 Å². The van der Waals surface area contributed by atoms with Crippen LogP contribution in [-0.4, -0.2) is 55.7 Å². The van der Waals surface area contributed by atoms with Crippen LogP contribution in [0.4, 0.5) is 0 Å². The molecule has 3 rings (SSSR count). The summed E-state index contributed by atoms with van der Waals surface area (Å²) in [6, 6.07) is 4.37. The zero-order valence-electron chi connectivity index (χ0n) is 11.2. The average molecular weight is 266 g/mol. The molecule has 2 fully saturated rings. The summed E-state index contributed by atoms with van der Waals surface area (Å²) in [5.74, 6) is 0.759. The fourth-order valence-electron chi connectivity index (χ4n) is 3.23. The summed E-state index contributed by atoms with van der Waals surface area (Å²) in [5.41, 5.74) is 0. The largest absolute Gasteiger partial charge is 0.372 e. The standard InChI is InChI=1S/C14H22N2OS/c1-15(2)8-12-6-11-7-16(10-14(11)17-12)9-13-4-3-5-18-13/h3-5,11-12,14H,6-10H2,1-2H3/t11-,12-,14+/m1/s1. The molecule has 0 aliphatic carbocycles. The number of rotatable bonds is 4. The van der Waals surface area contributed by atoms with E-state index in [9.17, 15) is 0 Å². The van der Waals surface area contributed by atoms with Gasteiger partial charge in [-0.15, -0.1) is 11.3 Å². The molecule has 0 bridgehead atoms. The summed E-state index contributed by atoms with van der Waals surface area (Å²) >= 11 is 1.86. The Kier molecular flexibility index (Phi) is 3.71. The lowest BCUT2D eigenvalue weighted by Gasteiger charge is -2.20. The minimum absolute atomic E-state index is 0.457. The van der Waals surface area contributed by atoms with E-state index >= 15 is 0 Å². The highest BCUT2D eigenvalue weighted by Crippen LogP contribution is 2.34. The van der Waals surface area contributed by atoms with Gasteiger partial charge in [-0.05, 0) is 32.0 Å². The second kappa shape index (κ2) is 5.29. The van der Waals surface area contributed by atoms with Crippen molar-refractivity contribution in [1.29, 1.82) is 0 Å². The number of fused-ring (bicyclic) bond motifs is 1. The quantitative estimate of drug-likeness (QED) is 0.828. The number of likely N-dealkylation sites (tertiary alicyclic amines) is 1. The first-order valence-electron chi connectivity index (χ1n) is 6.75. The molecule has 0 radical (unpaired) electrons. The summed E-state index contributed by atoms with van der Waals surface area (Å²) in [6.45, 7) is 4.50. The van der Waals surface area contributed by atoms with Gasteiger partial charge in [0.15, 0.2) is 0 Å². The highest BCUT2D eigenvalue weighted by Gasteiger charge is 2.41. The zero-order chi connectivity index (χ0) is 12.5. The molecule has 2 aliphatic rings. The van der Waals surface area contributed by atoms with Crippen LogP contribution in [0.1, 0.15) is 11.3 Å². The van der Waals surface area contributed by atoms with Crippen LogP contribution in [0.5, 0.6) is 0 Å². The van der Waals surface area contributed by atoms with Crippen LogP contribution in [0.2, 0.25) is 0 Å². The Labute approximate surface area is 113 Å². The maximum atomic E-state index is 6.17. The van der Waals surface area contributed by atoms with Crippen molar-refractivity contribution < 1.29 is 4.74 Å². The van der Waals surface area contributed by atoms with Crippen molar-refractivity contribution in [2.24, 2.45) is 5.92 Å². The van der Waals surface area contributed by atoms with Gasteiger partial charge in [-0.2, -0.15) is 0 Å². The van der Waals surface area contributed by atoms with Gasteiger partial charge in [0.25, 0.3) is 0 Å². The monoisotopic (exact) mass is 266 g/mol. The first-order chi connectivity index (χ1) is 8.70. The number of hydrogen-bond acceptors (Lipinski definition) is 4. The Morgan fingerprint density at radius 3 is 3.00 bits per heavy atom. The molecule has 3 nitrogen and oxygen atoms in total. The molecule has 1 aromatic rings. The van der Waals surface area contributed by atoms with Crippen LogP contribution in [0.15, 0.2) is 17.5 Å². The lowest BCUT2D eigenvalue weighted by Crippen LogP contribution is -2.29. The minimum atomic E-state index is 0.457. The van der Waals surface area contributed by atoms with Crippen LogP contribution >= 0.6 is 11.3 Å². The van der Waals surface area contributed by atoms with Crippen LogP contribution in [0, 0.1) is 5.92 Å². The highest BCUT2D eigenvalue weighted by molar-refractivity contribution is 7.09. The lowest BCUT2D eigenvalue weighted by molar-refractivity contribution is 0.0250. The summed E-state index contributed by atoms with van der Waals surface area (Å²) < 4.78 is 6.17. The van der Waals surface area contributed by atoms with E-state index in [1.807, 2.05) is 11.3 Å². The maximum Gasteiger partial charge on any atom is 0.0747 e. The van der Waals surface area contributed by atoms with Crippen LogP contribution in [0.3, 0.4) is 0 Å². The predicted molar refractivity (Wildman–Crippen MR) is 74.9 cm³/mol. The molecule has 3 heterocycles. The van der Waals surface area contributed by atoms with Gasteiger partial charge >= 0.3 is 0 Å². The number of thiophene rings is 1. The van der Waals surface area contributed by atoms with Gasteiger partial charge in [-0.3, -0.25) is 4.90 Å². The zero-order valence-corrected chi connectivity index (χ0v) is 12.0. The van der Waals surface area contributed by atoms with Crippen LogP contribution < -0.4 is 0 Å². The molecule has 4 heteroatoms. The van der Waals surface area contributed by atoms with E-state index in [-0.39, 0.29) is 0 Å². The molecule has 0 amide bonds. The molecule has 0 unspecified atom stereocenters. The van der Waals surface area contributed by atoms with Crippen LogP contribution in [0.25, 0.3) is 0 Å². The molecule has 100 valence electrons. The highest BCUT2D eigenvalue weighted by atomic mass is 32.1. The minimum Gasteiger partial charge on any atom is -0.372 e. The molecule has 0 aromatic carbocycles. The number of hydrogen-bond donors (Lipinski definition) is 0. The lowest BCUT2D eigenvalue weighted by atomic mass is 10.0. The molecule has 1 aromatic heterocycles. The fourth-order valence-corrected chi connectivity index (χ4v) is 3.97. The van der Waals surface area contributed by atoms with E-state index < -0.39 is 0 Å². The summed E-state index contributed by atoms with van der Waals surface area (Å²) in [4.78, 5) is 6.25. The molecular weight excluding hydrogens is 244 g/mol. The Morgan fingerprint density at radius 2 is 2.33 bits per heavy atom. The van der Waals surface area contributed by atoms with Crippen molar-refractivity contribution in [2.45, 2.75) is 25.2 Å². The Morgan fingerprint density at radius 1 is 1.44 bits per heavy atom. The molecule has 2 saturated heterocycles.